The van der Waals surface area contributed by atoms with Crippen LogP contribution in [0.2, 0.25) is 0 Å². The maximum Gasteiger partial charge on any atom is 0.328 e. The number of amides is 1. The minimum atomic E-state index is -0.843. The monoisotopic (exact) mass is 403 g/mol. The minimum Gasteiger partial charge on any atom is -0.507 e. The molecule has 0 fully saturated rings. The molecule has 1 amide bonds. The van der Waals surface area contributed by atoms with Crippen LogP contribution >= 0.6 is 0 Å². The van der Waals surface area contributed by atoms with Gasteiger partial charge in [0.05, 0.1) is 12.7 Å². The fourth-order valence-electron chi connectivity index (χ4n) is 3.95. The summed E-state index contributed by atoms with van der Waals surface area (Å²) in [5.41, 5.74) is 2.32. The third-order valence-corrected chi connectivity index (χ3v) is 5.52. The summed E-state index contributed by atoms with van der Waals surface area (Å²) in [5, 5.41) is 24.4. The molecular formula is C23H33NO5. The highest BCUT2D eigenvalue weighted by Gasteiger charge is 2.29. The van der Waals surface area contributed by atoms with Gasteiger partial charge in [-0.05, 0) is 57.6 Å². The van der Waals surface area contributed by atoms with E-state index in [0.29, 0.717) is 17.5 Å². The summed E-state index contributed by atoms with van der Waals surface area (Å²) in [7, 11) is 1.26. The Hall–Kier alpha value is -2.50. The second-order valence-corrected chi connectivity index (χ2v) is 7.88. The van der Waals surface area contributed by atoms with Gasteiger partial charge in [-0.1, -0.05) is 31.4 Å². The third kappa shape index (κ3) is 5.52. The zero-order valence-corrected chi connectivity index (χ0v) is 17.9. The van der Waals surface area contributed by atoms with Crippen molar-refractivity contribution in [3.8, 4) is 11.5 Å². The molecule has 0 bridgehead atoms. The van der Waals surface area contributed by atoms with Crippen molar-refractivity contribution in [2.24, 2.45) is 0 Å². The van der Waals surface area contributed by atoms with Crippen LogP contribution in [0, 0.1) is 0 Å². The number of aromatic hydroxyl groups is 2. The topological polar surface area (TPSA) is 95.9 Å². The van der Waals surface area contributed by atoms with Gasteiger partial charge in [0.25, 0.3) is 5.91 Å². The van der Waals surface area contributed by atoms with Crippen LogP contribution in [0.5, 0.6) is 11.5 Å². The predicted octanol–water partition coefficient (Wildman–Crippen LogP) is 4.34. The average molecular weight is 404 g/mol. The van der Waals surface area contributed by atoms with Crippen LogP contribution < -0.4 is 5.32 Å². The number of allylic oxidation sites excluding steroid dienone is 2. The number of rotatable bonds is 8. The molecule has 2 atom stereocenters. The van der Waals surface area contributed by atoms with Crippen LogP contribution in [0.3, 0.4) is 0 Å². The zero-order chi connectivity index (χ0) is 21.6. The van der Waals surface area contributed by atoms with Crippen LogP contribution in [-0.2, 0) is 16.0 Å². The molecule has 1 aliphatic rings. The second kappa shape index (κ2) is 10.3. The molecule has 0 saturated carbocycles. The molecule has 1 aliphatic carbocycles. The first kappa shape index (κ1) is 22.8. The summed E-state index contributed by atoms with van der Waals surface area (Å²) in [6.45, 7) is 5.65. The smallest absolute Gasteiger partial charge is 0.328 e. The molecule has 1 unspecified atom stereocenters. The summed E-state index contributed by atoms with van der Waals surface area (Å²) in [6, 6.07) is 0.754. The highest BCUT2D eigenvalue weighted by molar-refractivity contribution is 6.01. The SMILES string of the molecule is CCCCCc1cc(O)c(C2C=C(C)CCC2)c(O)c1C(=O)N[C@@H](C)C(=O)OC. The van der Waals surface area contributed by atoms with E-state index in [4.69, 9.17) is 0 Å². The summed E-state index contributed by atoms with van der Waals surface area (Å²) in [6.07, 6.45) is 8.20. The number of nitrogens with one attached hydrogen (secondary N) is 1. The van der Waals surface area contributed by atoms with Gasteiger partial charge in [0, 0.05) is 11.5 Å². The molecule has 2 rings (SSSR count). The van der Waals surface area contributed by atoms with Crippen molar-refractivity contribution in [3.05, 3.63) is 34.4 Å². The van der Waals surface area contributed by atoms with E-state index in [1.54, 1.807) is 6.07 Å². The quantitative estimate of drug-likeness (QED) is 0.341. The predicted molar refractivity (Wildman–Crippen MR) is 112 cm³/mol. The second-order valence-electron chi connectivity index (χ2n) is 7.88. The number of carbonyl (C=O) groups excluding carboxylic acids is 2. The number of carbonyl (C=O) groups is 2. The van der Waals surface area contributed by atoms with Crippen molar-refractivity contribution in [2.75, 3.05) is 7.11 Å². The lowest BCUT2D eigenvalue weighted by Crippen LogP contribution is -2.39. The van der Waals surface area contributed by atoms with E-state index in [-0.39, 0.29) is 23.0 Å². The summed E-state index contributed by atoms with van der Waals surface area (Å²) < 4.78 is 4.67. The van der Waals surface area contributed by atoms with E-state index in [1.807, 2.05) is 13.0 Å². The van der Waals surface area contributed by atoms with Crippen molar-refractivity contribution in [2.45, 2.75) is 77.7 Å². The number of unbranched alkanes of at least 4 members (excludes halogenated alkanes) is 2. The Labute approximate surface area is 173 Å². The van der Waals surface area contributed by atoms with Crippen LogP contribution in [0.15, 0.2) is 17.7 Å². The average Bonchev–Trinajstić information content (AvgIpc) is 2.67. The van der Waals surface area contributed by atoms with Gasteiger partial charge in [-0.3, -0.25) is 4.79 Å². The molecule has 3 N–H and O–H groups in total. The Morgan fingerprint density at radius 2 is 2.03 bits per heavy atom. The van der Waals surface area contributed by atoms with Gasteiger partial charge in [-0.15, -0.1) is 0 Å². The van der Waals surface area contributed by atoms with Gasteiger partial charge in [0.15, 0.2) is 0 Å². The van der Waals surface area contributed by atoms with Gasteiger partial charge in [-0.25, -0.2) is 4.79 Å². The van der Waals surface area contributed by atoms with Crippen LogP contribution in [-0.4, -0.2) is 35.2 Å². The number of hydrogen-bond donors (Lipinski definition) is 3. The van der Waals surface area contributed by atoms with Crippen molar-refractivity contribution in [1.29, 1.82) is 0 Å². The molecule has 6 nitrogen and oxygen atoms in total. The lowest BCUT2D eigenvalue weighted by atomic mass is 9.83. The van der Waals surface area contributed by atoms with Crippen molar-refractivity contribution in [3.63, 3.8) is 0 Å². The van der Waals surface area contributed by atoms with Gasteiger partial charge in [0.1, 0.15) is 17.5 Å². The van der Waals surface area contributed by atoms with E-state index < -0.39 is 17.9 Å². The van der Waals surface area contributed by atoms with E-state index in [2.05, 4.69) is 17.0 Å². The molecule has 29 heavy (non-hydrogen) atoms. The molecule has 0 spiro atoms. The first-order chi connectivity index (χ1) is 13.8. The number of methoxy groups -OCH3 is 1. The Morgan fingerprint density at radius 1 is 1.31 bits per heavy atom. The normalized spacial score (nSPS) is 17.4. The number of esters is 1. The van der Waals surface area contributed by atoms with Crippen LogP contribution in [0.1, 0.15) is 86.7 Å². The molecule has 0 radical (unpaired) electrons. The van der Waals surface area contributed by atoms with Gasteiger partial charge >= 0.3 is 5.97 Å². The first-order valence-corrected chi connectivity index (χ1v) is 10.4. The lowest BCUT2D eigenvalue weighted by Gasteiger charge is -2.24. The van der Waals surface area contributed by atoms with Gasteiger partial charge in [0.2, 0.25) is 0 Å². The number of phenols is 2. The largest absolute Gasteiger partial charge is 0.507 e. The molecule has 0 aliphatic heterocycles. The Bertz CT molecular complexity index is 784. The minimum absolute atomic E-state index is 0.0162. The summed E-state index contributed by atoms with van der Waals surface area (Å²) >= 11 is 0. The molecule has 1 aromatic carbocycles. The number of benzene rings is 1. The fraction of sp³-hybridized carbons (Fsp3) is 0.565. The number of phenolic OH excluding ortho intramolecular Hbond substituents is 2. The third-order valence-electron chi connectivity index (χ3n) is 5.52. The maximum atomic E-state index is 13.0. The molecule has 0 aromatic heterocycles. The maximum absolute atomic E-state index is 13.0. The summed E-state index contributed by atoms with van der Waals surface area (Å²) in [5.74, 6) is -1.41. The van der Waals surface area contributed by atoms with Gasteiger partial charge < -0.3 is 20.3 Å². The van der Waals surface area contributed by atoms with Gasteiger partial charge in [-0.2, -0.15) is 0 Å². The molecule has 6 heteroatoms. The number of hydrogen-bond acceptors (Lipinski definition) is 5. The molecule has 0 heterocycles. The molecular weight excluding hydrogens is 370 g/mol. The highest BCUT2D eigenvalue weighted by atomic mass is 16.5. The van der Waals surface area contributed by atoms with Crippen LogP contribution in [0.4, 0.5) is 0 Å². The Balaban J connectivity index is 2.48. The van der Waals surface area contributed by atoms with Crippen molar-refractivity contribution in [1.82, 2.24) is 5.32 Å². The standard InChI is InChI=1S/C23H33NO5/c1-5-6-7-10-17-13-18(25)19(16-11-8-9-14(2)12-16)21(26)20(17)22(27)24-15(3)23(28)29-4/h12-13,15-16,25-26H,5-11H2,1-4H3,(H,24,27)/t15-,16?/m0/s1. The van der Waals surface area contributed by atoms with E-state index in [9.17, 15) is 19.8 Å². The van der Waals surface area contributed by atoms with E-state index in [0.717, 1.165) is 38.5 Å². The Kier molecular flexibility index (Phi) is 8.11. The first-order valence-electron chi connectivity index (χ1n) is 10.4. The highest BCUT2D eigenvalue weighted by Crippen LogP contribution is 2.44. The van der Waals surface area contributed by atoms with E-state index >= 15 is 0 Å². The Morgan fingerprint density at radius 3 is 2.66 bits per heavy atom. The zero-order valence-electron chi connectivity index (χ0n) is 17.9. The molecule has 160 valence electrons. The number of aryl methyl sites for hydroxylation is 1. The van der Waals surface area contributed by atoms with Crippen molar-refractivity contribution >= 4 is 11.9 Å². The summed E-state index contributed by atoms with van der Waals surface area (Å²) in [4.78, 5) is 24.7. The fourth-order valence-corrected chi connectivity index (χ4v) is 3.95. The van der Waals surface area contributed by atoms with Crippen LogP contribution in [0.25, 0.3) is 0 Å². The lowest BCUT2D eigenvalue weighted by molar-refractivity contribution is -0.142. The molecule has 0 saturated heterocycles. The molecule has 1 aromatic rings. The van der Waals surface area contributed by atoms with E-state index in [1.165, 1.54) is 19.6 Å². The number of ether oxygens (including phenoxy) is 1. The van der Waals surface area contributed by atoms with Crippen molar-refractivity contribution < 1.29 is 24.5 Å².